The molecule has 1 heterocycles. The Morgan fingerprint density at radius 2 is 1.23 bits per heavy atom. The van der Waals surface area contributed by atoms with Gasteiger partial charge in [0.15, 0.2) is 0 Å². The van der Waals surface area contributed by atoms with Gasteiger partial charge in [0, 0.05) is 11.1 Å². The van der Waals surface area contributed by atoms with Crippen LogP contribution in [0.25, 0.3) is 0 Å². The molecule has 1 rings (SSSR count). The minimum absolute atomic E-state index is 0.663. The highest BCUT2D eigenvalue weighted by molar-refractivity contribution is 5.29. The lowest BCUT2D eigenvalue weighted by molar-refractivity contribution is -0.951. The smallest absolute Gasteiger partial charge is 0.105 e. The van der Waals surface area contributed by atoms with E-state index < -0.39 is 0 Å². The van der Waals surface area contributed by atoms with Crippen molar-refractivity contribution in [3.05, 3.63) is 24.3 Å². The first-order valence-electron chi connectivity index (χ1n) is 5.12. The lowest BCUT2D eigenvalue weighted by Crippen LogP contribution is -2.55. The molecule has 0 bridgehead atoms. The summed E-state index contributed by atoms with van der Waals surface area (Å²) in [7, 11) is 0. The van der Waals surface area contributed by atoms with Crippen LogP contribution in [0.2, 0.25) is 0 Å². The van der Waals surface area contributed by atoms with Crippen molar-refractivity contribution in [3.63, 3.8) is 0 Å². The van der Waals surface area contributed by atoms with Gasteiger partial charge in [0.25, 0.3) is 0 Å². The summed E-state index contributed by atoms with van der Waals surface area (Å²) in [4.78, 5) is 0. The van der Waals surface area contributed by atoms with Crippen LogP contribution < -0.4 is 0 Å². The van der Waals surface area contributed by atoms with Gasteiger partial charge in [-0.3, -0.25) is 0 Å². The van der Waals surface area contributed by atoms with E-state index in [9.17, 15) is 0 Å². The molecule has 1 nitrogen and oxygen atoms in total. The molecule has 0 aromatic carbocycles. The van der Waals surface area contributed by atoms with Crippen LogP contribution in [0.3, 0.4) is 0 Å². The van der Waals surface area contributed by atoms with Crippen molar-refractivity contribution in [2.45, 2.75) is 39.8 Å². The molecule has 1 fully saturated rings. The van der Waals surface area contributed by atoms with E-state index in [1.54, 1.807) is 0 Å². The van der Waals surface area contributed by atoms with E-state index in [1.165, 1.54) is 11.1 Å². The topological polar surface area (TPSA) is 0 Å². The molecule has 0 unspecified atom stereocenters. The first kappa shape index (κ1) is 10.5. The van der Waals surface area contributed by atoms with Gasteiger partial charge in [-0.05, 0) is 27.7 Å². The van der Waals surface area contributed by atoms with E-state index in [-0.39, 0.29) is 0 Å². The third-order valence-electron chi connectivity index (χ3n) is 3.53. The summed E-state index contributed by atoms with van der Waals surface area (Å²) < 4.78 is 1.14. The fraction of sp³-hybridized carbons (Fsp3) is 0.667. The van der Waals surface area contributed by atoms with Crippen LogP contribution in [0, 0.1) is 0 Å². The summed E-state index contributed by atoms with van der Waals surface area (Å²) >= 11 is 0. The summed E-state index contributed by atoms with van der Waals surface area (Å²) in [6.07, 6.45) is 0. The summed E-state index contributed by atoms with van der Waals surface area (Å²) in [5.74, 6) is 0. The predicted octanol–water partition coefficient (Wildman–Crippen LogP) is 2.75. The van der Waals surface area contributed by atoms with Crippen molar-refractivity contribution in [2.24, 2.45) is 0 Å². The average Bonchev–Trinajstić information content (AvgIpc) is 2.29. The highest BCUT2D eigenvalue weighted by atomic mass is 15.4. The maximum Gasteiger partial charge on any atom is 0.105 e. The van der Waals surface area contributed by atoms with E-state index >= 15 is 0 Å². The number of quaternary nitrogens is 1. The van der Waals surface area contributed by atoms with Crippen LogP contribution in [-0.2, 0) is 0 Å². The number of likely N-dealkylation sites (tertiary alicyclic amines) is 1. The first-order chi connectivity index (χ1) is 5.90. The van der Waals surface area contributed by atoms with Gasteiger partial charge in [-0.15, -0.1) is 0 Å². The summed E-state index contributed by atoms with van der Waals surface area (Å²) in [5.41, 5.74) is 2.50. The molecule has 0 aromatic rings. The van der Waals surface area contributed by atoms with Gasteiger partial charge < -0.3 is 4.48 Å². The lowest BCUT2D eigenvalue weighted by Gasteiger charge is -2.41. The van der Waals surface area contributed by atoms with Crippen molar-refractivity contribution < 1.29 is 4.48 Å². The highest BCUT2D eigenvalue weighted by Gasteiger charge is 2.41. The summed E-state index contributed by atoms with van der Waals surface area (Å²) in [6, 6.07) is 1.33. The molecule has 0 saturated carbocycles. The van der Waals surface area contributed by atoms with Crippen LogP contribution >= 0.6 is 0 Å². The minimum Gasteiger partial charge on any atom is -0.312 e. The lowest BCUT2D eigenvalue weighted by atomic mass is 10.1. The van der Waals surface area contributed by atoms with E-state index in [0.29, 0.717) is 12.1 Å². The number of hydrogen-bond acceptors (Lipinski definition) is 0. The van der Waals surface area contributed by atoms with Crippen molar-refractivity contribution in [1.82, 2.24) is 0 Å². The molecule has 1 aliphatic heterocycles. The van der Waals surface area contributed by atoms with Crippen LogP contribution in [-0.4, -0.2) is 29.7 Å². The van der Waals surface area contributed by atoms with Gasteiger partial charge in [0.1, 0.15) is 13.1 Å². The maximum absolute atomic E-state index is 4.08. The molecule has 0 radical (unpaired) electrons. The molecule has 0 aliphatic carbocycles. The van der Waals surface area contributed by atoms with Crippen LogP contribution in [0.4, 0.5) is 0 Å². The minimum atomic E-state index is 0.663. The third kappa shape index (κ3) is 1.58. The third-order valence-corrected chi connectivity index (χ3v) is 3.53. The van der Waals surface area contributed by atoms with Crippen molar-refractivity contribution in [2.75, 3.05) is 13.1 Å². The van der Waals surface area contributed by atoms with E-state index in [4.69, 9.17) is 0 Å². The molecule has 0 atom stereocenters. The van der Waals surface area contributed by atoms with Gasteiger partial charge >= 0.3 is 0 Å². The van der Waals surface area contributed by atoms with Crippen LogP contribution in [0.5, 0.6) is 0 Å². The molecular weight excluding hydrogens is 158 g/mol. The molecule has 0 aromatic heterocycles. The zero-order chi connectivity index (χ0) is 10.2. The number of rotatable bonds is 2. The Bertz CT molecular complexity index is 210. The van der Waals surface area contributed by atoms with Crippen LogP contribution in [0.15, 0.2) is 24.3 Å². The average molecular weight is 180 g/mol. The van der Waals surface area contributed by atoms with Gasteiger partial charge in [-0.1, -0.05) is 13.2 Å². The van der Waals surface area contributed by atoms with E-state index in [0.717, 1.165) is 17.6 Å². The quantitative estimate of drug-likeness (QED) is 0.573. The Morgan fingerprint density at radius 3 is 1.38 bits per heavy atom. The Morgan fingerprint density at radius 1 is 0.923 bits per heavy atom. The molecule has 1 aliphatic rings. The van der Waals surface area contributed by atoms with Crippen LogP contribution in [0.1, 0.15) is 27.7 Å². The van der Waals surface area contributed by atoms with Gasteiger partial charge in [-0.2, -0.15) is 0 Å². The van der Waals surface area contributed by atoms with Crippen molar-refractivity contribution in [3.8, 4) is 0 Å². The van der Waals surface area contributed by atoms with E-state index in [1.807, 2.05) is 0 Å². The Hall–Kier alpha value is -0.560. The SMILES string of the molecule is C=C1C[N+](C(C)C)(C(C)C)CC1=C. The molecule has 0 spiro atoms. The van der Waals surface area contributed by atoms with Gasteiger partial charge in [0.05, 0.1) is 12.1 Å². The molecule has 0 N–H and O–H groups in total. The van der Waals surface area contributed by atoms with E-state index in [2.05, 4.69) is 40.9 Å². The fourth-order valence-electron chi connectivity index (χ4n) is 2.32. The Labute approximate surface area is 82.3 Å². The Balaban J connectivity index is 2.96. The normalized spacial score (nSPS) is 22.0. The second-order valence-corrected chi connectivity index (χ2v) is 4.81. The zero-order valence-corrected chi connectivity index (χ0v) is 9.43. The number of hydrogen-bond donors (Lipinski definition) is 0. The van der Waals surface area contributed by atoms with Gasteiger partial charge in [0.2, 0.25) is 0 Å². The molecule has 74 valence electrons. The molecular formula is C12H22N+. The molecule has 0 amide bonds. The number of nitrogens with zero attached hydrogens (tertiary/aromatic N) is 1. The maximum atomic E-state index is 4.08. The second kappa shape index (κ2) is 3.30. The summed E-state index contributed by atoms with van der Waals surface area (Å²) in [6.45, 7) is 19.5. The largest absolute Gasteiger partial charge is 0.312 e. The standard InChI is InChI=1S/C12H22N/c1-9(2)13(10(3)4)7-11(5)12(6)8-13/h9-10H,5-8H2,1-4H3/q+1. The Kier molecular flexibility index (Phi) is 2.67. The summed E-state index contributed by atoms with van der Waals surface area (Å²) in [5, 5.41) is 0. The highest BCUT2D eigenvalue weighted by Crippen LogP contribution is 2.32. The van der Waals surface area contributed by atoms with Gasteiger partial charge in [-0.25, -0.2) is 0 Å². The first-order valence-corrected chi connectivity index (χ1v) is 5.12. The second-order valence-electron chi connectivity index (χ2n) is 4.81. The molecule has 13 heavy (non-hydrogen) atoms. The fourth-order valence-corrected chi connectivity index (χ4v) is 2.32. The van der Waals surface area contributed by atoms with Crippen molar-refractivity contribution >= 4 is 0 Å². The molecule has 1 saturated heterocycles. The zero-order valence-electron chi connectivity index (χ0n) is 9.43. The van der Waals surface area contributed by atoms with Crippen molar-refractivity contribution in [1.29, 1.82) is 0 Å². The predicted molar refractivity (Wildman–Crippen MR) is 58.5 cm³/mol. The molecule has 1 heteroatoms. The monoisotopic (exact) mass is 180 g/mol.